The van der Waals surface area contributed by atoms with E-state index in [2.05, 4.69) is 9.80 Å². The summed E-state index contributed by atoms with van der Waals surface area (Å²) in [6, 6.07) is 14.7. The molecule has 146 valence electrons. The van der Waals surface area contributed by atoms with Crippen molar-refractivity contribution in [3.63, 3.8) is 0 Å². The Kier molecular flexibility index (Phi) is 5.58. The molecule has 2 aromatic carbocycles. The van der Waals surface area contributed by atoms with Gasteiger partial charge in [-0.1, -0.05) is 47.5 Å². The highest BCUT2D eigenvalue weighted by Gasteiger charge is 2.42. The molecule has 4 rings (SSSR count). The Hall–Kier alpha value is -2.08. The zero-order valence-electron chi connectivity index (χ0n) is 15.4. The number of hydrogen-bond acceptors (Lipinski definition) is 4. The minimum absolute atomic E-state index is 0.105. The summed E-state index contributed by atoms with van der Waals surface area (Å²) in [5.74, 6) is -0.218. The normalized spacial score (nSPS) is 20.9. The number of halogens is 2. The minimum atomic E-state index is -0.367. The Bertz CT molecular complexity index is 879. The van der Waals surface area contributed by atoms with Gasteiger partial charge in [0, 0.05) is 31.2 Å². The smallest absolute Gasteiger partial charge is 0.247 e. The molecule has 2 heterocycles. The standard InChI is InChI=1S/C21H21Cl2N3O2/c22-16-7-5-15(6-8-16)14-26-20(27)13-19(21(26)28)25-11-9-24(10-12-25)18-4-2-1-3-17(18)23/h1-8,19H,9-14H2/t19-/m1/s1. The van der Waals surface area contributed by atoms with Crippen LogP contribution < -0.4 is 4.90 Å². The second kappa shape index (κ2) is 8.11. The topological polar surface area (TPSA) is 43.9 Å². The van der Waals surface area contributed by atoms with Crippen LogP contribution in [0.1, 0.15) is 12.0 Å². The molecule has 0 aromatic heterocycles. The molecule has 5 nitrogen and oxygen atoms in total. The second-order valence-electron chi connectivity index (χ2n) is 7.14. The van der Waals surface area contributed by atoms with Gasteiger partial charge in [0.15, 0.2) is 0 Å². The summed E-state index contributed by atoms with van der Waals surface area (Å²) in [6.45, 7) is 3.30. The highest BCUT2D eigenvalue weighted by atomic mass is 35.5. The van der Waals surface area contributed by atoms with Gasteiger partial charge in [-0.15, -0.1) is 0 Å². The molecule has 2 fully saturated rings. The molecule has 0 spiro atoms. The number of carbonyl (C=O) groups excluding carboxylic acids is 2. The van der Waals surface area contributed by atoms with Crippen molar-refractivity contribution in [3.05, 3.63) is 64.1 Å². The van der Waals surface area contributed by atoms with Gasteiger partial charge < -0.3 is 4.90 Å². The molecule has 0 bridgehead atoms. The largest absolute Gasteiger partial charge is 0.368 e. The molecule has 28 heavy (non-hydrogen) atoms. The van der Waals surface area contributed by atoms with Crippen molar-refractivity contribution in [2.75, 3.05) is 31.1 Å². The summed E-state index contributed by atoms with van der Waals surface area (Å²) in [5, 5.41) is 1.37. The number of carbonyl (C=O) groups is 2. The number of anilines is 1. The average molecular weight is 418 g/mol. The molecule has 2 saturated heterocycles. The van der Waals surface area contributed by atoms with E-state index < -0.39 is 0 Å². The molecule has 0 saturated carbocycles. The van der Waals surface area contributed by atoms with E-state index in [4.69, 9.17) is 23.2 Å². The van der Waals surface area contributed by atoms with Crippen LogP contribution in [-0.2, 0) is 16.1 Å². The molecular weight excluding hydrogens is 397 g/mol. The van der Waals surface area contributed by atoms with Crippen LogP contribution in [0, 0.1) is 0 Å². The van der Waals surface area contributed by atoms with Crippen LogP contribution in [0.3, 0.4) is 0 Å². The number of nitrogens with zero attached hydrogens (tertiary/aromatic N) is 3. The van der Waals surface area contributed by atoms with Crippen molar-refractivity contribution in [2.24, 2.45) is 0 Å². The Morgan fingerprint density at radius 2 is 1.57 bits per heavy atom. The number of amides is 2. The lowest BCUT2D eigenvalue weighted by molar-refractivity contribution is -0.140. The van der Waals surface area contributed by atoms with E-state index in [1.807, 2.05) is 36.4 Å². The molecule has 2 aromatic rings. The zero-order valence-corrected chi connectivity index (χ0v) is 16.9. The van der Waals surface area contributed by atoms with Crippen LogP contribution >= 0.6 is 23.2 Å². The van der Waals surface area contributed by atoms with Gasteiger partial charge in [0.2, 0.25) is 11.8 Å². The van der Waals surface area contributed by atoms with Crippen LogP contribution in [0.25, 0.3) is 0 Å². The van der Waals surface area contributed by atoms with E-state index in [1.54, 1.807) is 12.1 Å². The summed E-state index contributed by atoms with van der Waals surface area (Å²) in [7, 11) is 0. The average Bonchev–Trinajstić information content (AvgIpc) is 2.98. The SMILES string of the molecule is O=C1C[C@@H](N2CCN(c3ccccc3Cl)CC2)C(=O)N1Cc1ccc(Cl)cc1. The van der Waals surface area contributed by atoms with Gasteiger partial charge in [0.1, 0.15) is 0 Å². The van der Waals surface area contributed by atoms with Crippen molar-refractivity contribution in [1.29, 1.82) is 0 Å². The van der Waals surface area contributed by atoms with E-state index >= 15 is 0 Å². The predicted octanol–water partition coefficient (Wildman–Crippen LogP) is 3.44. The monoisotopic (exact) mass is 417 g/mol. The van der Waals surface area contributed by atoms with Gasteiger partial charge >= 0.3 is 0 Å². The third-order valence-corrected chi connectivity index (χ3v) is 5.99. The summed E-state index contributed by atoms with van der Waals surface area (Å²) in [4.78, 5) is 31.1. The van der Waals surface area contributed by atoms with Crippen molar-refractivity contribution in [1.82, 2.24) is 9.80 Å². The second-order valence-corrected chi connectivity index (χ2v) is 7.98. The van der Waals surface area contributed by atoms with Gasteiger partial charge in [-0.2, -0.15) is 0 Å². The first-order valence-corrected chi connectivity index (χ1v) is 10.1. The molecule has 2 amide bonds. The fourth-order valence-corrected chi connectivity index (χ4v) is 4.25. The van der Waals surface area contributed by atoms with E-state index in [0.29, 0.717) is 11.6 Å². The Balaban J connectivity index is 1.39. The summed E-state index contributed by atoms with van der Waals surface area (Å²) in [6.07, 6.45) is 0.249. The van der Waals surface area contributed by atoms with Gasteiger partial charge in [-0.3, -0.25) is 19.4 Å². The van der Waals surface area contributed by atoms with E-state index in [0.717, 1.165) is 42.5 Å². The van der Waals surface area contributed by atoms with Gasteiger partial charge in [-0.05, 0) is 29.8 Å². The Morgan fingerprint density at radius 1 is 0.893 bits per heavy atom. The highest BCUT2D eigenvalue weighted by molar-refractivity contribution is 6.33. The lowest BCUT2D eigenvalue weighted by atomic mass is 10.1. The maximum atomic E-state index is 12.9. The first-order chi connectivity index (χ1) is 13.5. The molecule has 2 aliphatic rings. The van der Waals surface area contributed by atoms with Crippen LogP contribution in [0.15, 0.2) is 48.5 Å². The highest BCUT2D eigenvalue weighted by Crippen LogP contribution is 2.28. The van der Waals surface area contributed by atoms with Crippen molar-refractivity contribution < 1.29 is 9.59 Å². The van der Waals surface area contributed by atoms with Gasteiger partial charge in [-0.25, -0.2) is 0 Å². The van der Waals surface area contributed by atoms with Crippen LogP contribution in [0.2, 0.25) is 10.0 Å². The number of benzene rings is 2. The van der Waals surface area contributed by atoms with Gasteiger partial charge in [0.25, 0.3) is 0 Å². The van der Waals surface area contributed by atoms with E-state index in [-0.39, 0.29) is 24.3 Å². The van der Waals surface area contributed by atoms with Crippen LogP contribution in [-0.4, -0.2) is 53.8 Å². The summed E-state index contributed by atoms with van der Waals surface area (Å²) < 4.78 is 0. The third-order valence-electron chi connectivity index (χ3n) is 5.42. The molecule has 0 unspecified atom stereocenters. The lowest BCUT2D eigenvalue weighted by Gasteiger charge is -2.38. The zero-order chi connectivity index (χ0) is 19.7. The Labute approximate surface area is 174 Å². The number of imide groups is 1. The minimum Gasteiger partial charge on any atom is -0.368 e. The number of piperazine rings is 1. The van der Waals surface area contributed by atoms with Crippen molar-refractivity contribution in [3.8, 4) is 0 Å². The summed E-state index contributed by atoms with van der Waals surface area (Å²) >= 11 is 12.2. The molecule has 1 atom stereocenters. The van der Waals surface area contributed by atoms with Crippen molar-refractivity contribution >= 4 is 40.7 Å². The molecule has 0 radical (unpaired) electrons. The fourth-order valence-electron chi connectivity index (χ4n) is 3.87. The van der Waals surface area contributed by atoms with Gasteiger partial charge in [0.05, 0.1) is 29.7 Å². The predicted molar refractivity (Wildman–Crippen MR) is 111 cm³/mol. The van der Waals surface area contributed by atoms with E-state index in [1.165, 1.54) is 4.90 Å². The quantitative estimate of drug-likeness (QED) is 0.714. The maximum Gasteiger partial charge on any atom is 0.247 e. The number of hydrogen-bond donors (Lipinski definition) is 0. The van der Waals surface area contributed by atoms with Crippen LogP contribution in [0.4, 0.5) is 5.69 Å². The number of likely N-dealkylation sites (tertiary alicyclic amines) is 1. The number of para-hydroxylation sites is 1. The number of rotatable bonds is 4. The molecule has 7 heteroatoms. The van der Waals surface area contributed by atoms with Crippen LogP contribution in [0.5, 0.6) is 0 Å². The lowest BCUT2D eigenvalue weighted by Crippen LogP contribution is -2.52. The Morgan fingerprint density at radius 3 is 2.25 bits per heavy atom. The van der Waals surface area contributed by atoms with E-state index in [9.17, 15) is 9.59 Å². The fraction of sp³-hybridized carbons (Fsp3) is 0.333. The maximum absolute atomic E-state index is 12.9. The first-order valence-electron chi connectivity index (χ1n) is 9.35. The molecule has 0 aliphatic carbocycles. The first kappa shape index (κ1) is 19.2. The molecule has 0 N–H and O–H groups in total. The third kappa shape index (κ3) is 3.88. The summed E-state index contributed by atoms with van der Waals surface area (Å²) in [5.41, 5.74) is 1.91. The molecule has 2 aliphatic heterocycles. The van der Waals surface area contributed by atoms with Crippen molar-refractivity contribution in [2.45, 2.75) is 19.0 Å². The molecular formula is C21H21Cl2N3O2.